The summed E-state index contributed by atoms with van der Waals surface area (Å²) in [6, 6.07) is 0.268. The number of fused-ring (bicyclic) bond motifs is 1. The van der Waals surface area contributed by atoms with E-state index in [0.29, 0.717) is 5.92 Å². The van der Waals surface area contributed by atoms with Crippen LogP contribution in [0.1, 0.15) is 13.8 Å². The van der Waals surface area contributed by atoms with E-state index in [0.717, 1.165) is 11.4 Å². The Kier molecular flexibility index (Phi) is 2.05. The Hall–Kier alpha value is -1.31. The van der Waals surface area contributed by atoms with Crippen LogP contribution < -0.4 is 5.32 Å². The van der Waals surface area contributed by atoms with Gasteiger partial charge in [0.15, 0.2) is 0 Å². The molecule has 2 atom stereocenters. The first-order chi connectivity index (χ1) is 6.25. The van der Waals surface area contributed by atoms with Crippen LogP contribution in [0.2, 0.25) is 0 Å². The van der Waals surface area contributed by atoms with E-state index >= 15 is 0 Å². The van der Waals surface area contributed by atoms with Crippen LogP contribution in [0.3, 0.4) is 0 Å². The van der Waals surface area contributed by atoms with Crippen molar-refractivity contribution in [2.45, 2.75) is 19.9 Å². The fourth-order valence-electron chi connectivity index (χ4n) is 1.50. The summed E-state index contributed by atoms with van der Waals surface area (Å²) in [6.45, 7) is 4.17. The summed E-state index contributed by atoms with van der Waals surface area (Å²) in [4.78, 5) is 4.48. The fourth-order valence-corrected chi connectivity index (χ4v) is 1.50. The summed E-state index contributed by atoms with van der Waals surface area (Å²) < 4.78 is 0. The maximum Gasteiger partial charge on any atom is 0.0866 e. The second-order valence-electron chi connectivity index (χ2n) is 3.57. The largest absolute Gasteiger partial charge is 0.378 e. The minimum Gasteiger partial charge on any atom is -0.378 e. The van der Waals surface area contributed by atoms with Crippen LogP contribution in [0, 0.1) is 5.92 Å². The lowest BCUT2D eigenvalue weighted by Gasteiger charge is -2.17. The molecule has 1 aliphatic heterocycles. The van der Waals surface area contributed by atoms with Crippen LogP contribution in [0.5, 0.6) is 0 Å². The van der Waals surface area contributed by atoms with Gasteiger partial charge in [0.05, 0.1) is 17.5 Å². The van der Waals surface area contributed by atoms with Crippen LogP contribution in [0.4, 0.5) is 0 Å². The molecule has 0 aromatic carbocycles. The molecular formula is C11H14N2. The van der Waals surface area contributed by atoms with Gasteiger partial charge in [0.1, 0.15) is 0 Å². The van der Waals surface area contributed by atoms with Gasteiger partial charge in [-0.25, -0.2) is 0 Å². The maximum atomic E-state index is 4.48. The molecule has 2 heteroatoms. The molecule has 68 valence electrons. The summed E-state index contributed by atoms with van der Waals surface area (Å²) in [7, 11) is 0. The zero-order valence-corrected chi connectivity index (χ0v) is 7.99. The molecule has 0 aromatic heterocycles. The van der Waals surface area contributed by atoms with Crippen LogP contribution >= 0.6 is 0 Å². The average molecular weight is 174 g/mol. The highest BCUT2D eigenvalue weighted by atomic mass is 15.0. The van der Waals surface area contributed by atoms with Crippen molar-refractivity contribution in [1.29, 1.82) is 0 Å². The lowest BCUT2D eigenvalue weighted by Crippen LogP contribution is -2.32. The van der Waals surface area contributed by atoms with E-state index in [9.17, 15) is 0 Å². The number of hydrogen-bond donors (Lipinski definition) is 1. The fraction of sp³-hybridized carbons (Fsp3) is 0.364. The van der Waals surface area contributed by atoms with Crippen molar-refractivity contribution in [2.24, 2.45) is 10.9 Å². The predicted octanol–water partition coefficient (Wildman–Crippen LogP) is 2.02. The van der Waals surface area contributed by atoms with Gasteiger partial charge in [-0.05, 0) is 18.9 Å². The molecule has 1 heterocycles. The van der Waals surface area contributed by atoms with E-state index in [4.69, 9.17) is 0 Å². The van der Waals surface area contributed by atoms with E-state index < -0.39 is 0 Å². The Bertz CT molecular complexity index is 321. The third kappa shape index (κ3) is 1.72. The van der Waals surface area contributed by atoms with Crippen molar-refractivity contribution < 1.29 is 0 Å². The van der Waals surface area contributed by atoms with Crippen molar-refractivity contribution in [1.82, 2.24) is 5.32 Å². The lowest BCUT2D eigenvalue weighted by molar-refractivity contribution is 0.836. The Balaban J connectivity index is 2.32. The standard InChI is InChI=1S/C11H14N2/c1-8-3-5-10-11(6-4-8)13-9(2)7-12-10/h3-8,10,12H,1-2H3/t8-,10+/m1/s1. The molecule has 2 rings (SSSR count). The Morgan fingerprint density at radius 2 is 2.15 bits per heavy atom. The summed E-state index contributed by atoms with van der Waals surface area (Å²) in [5.41, 5.74) is 2.15. The summed E-state index contributed by atoms with van der Waals surface area (Å²) >= 11 is 0. The number of nitrogens with zero attached hydrogens (tertiary/aromatic N) is 1. The monoisotopic (exact) mass is 174 g/mol. The highest BCUT2D eigenvalue weighted by Gasteiger charge is 2.14. The van der Waals surface area contributed by atoms with Crippen LogP contribution in [-0.4, -0.2) is 11.8 Å². The van der Waals surface area contributed by atoms with Gasteiger partial charge in [-0.15, -0.1) is 0 Å². The minimum atomic E-state index is 0.268. The number of nitrogens with one attached hydrogen (secondary N) is 1. The minimum absolute atomic E-state index is 0.268. The molecule has 0 saturated heterocycles. The SMILES string of the molecule is CC1=CN[C@H]2C=C[C@@H](C)C=CC2=N1. The molecule has 0 bridgehead atoms. The first-order valence-electron chi connectivity index (χ1n) is 4.63. The number of allylic oxidation sites excluding steroid dienone is 3. The van der Waals surface area contributed by atoms with Crippen molar-refractivity contribution in [3.8, 4) is 0 Å². The number of aliphatic imine (C=N–C) groups is 1. The smallest absolute Gasteiger partial charge is 0.0866 e. The molecule has 2 aliphatic rings. The van der Waals surface area contributed by atoms with Gasteiger partial charge in [-0.2, -0.15) is 0 Å². The van der Waals surface area contributed by atoms with Gasteiger partial charge in [0.25, 0.3) is 0 Å². The normalized spacial score (nSPS) is 31.2. The van der Waals surface area contributed by atoms with E-state index in [1.807, 2.05) is 13.1 Å². The average Bonchev–Trinajstić information content (AvgIpc) is 2.29. The Labute approximate surface area is 78.8 Å². The molecule has 2 nitrogen and oxygen atoms in total. The van der Waals surface area contributed by atoms with Gasteiger partial charge in [-0.1, -0.05) is 25.2 Å². The maximum absolute atomic E-state index is 4.48. The van der Waals surface area contributed by atoms with E-state index in [1.165, 1.54) is 0 Å². The molecule has 0 fully saturated rings. The molecule has 0 saturated carbocycles. The second-order valence-corrected chi connectivity index (χ2v) is 3.57. The van der Waals surface area contributed by atoms with Crippen LogP contribution in [0.25, 0.3) is 0 Å². The lowest BCUT2D eigenvalue weighted by atomic mass is 10.1. The molecule has 0 amide bonds. The van der Waals surface area contributed by atoms with E-state index in [-0.39, 0.29) is 6.04 Å². The molecule has 13 heavy (non-hydrogen) atoms. The van der Waals surface area contributed by atoms with E-state index in [2.05, 4.69) is 41.5 Å². The predicted molar refractivity (Wildman–Crippen MR) is 55.6 cm³/mol. The molecule has 1 N–H and O–H groups in total. The van der Waals surface area contributed by atoms with Crippen molar-refractivity contribution >= 4 is 5.71 Å². The topological polar surface area (TPSA) is 24.4 Å². The van der Waals surface area contributed by atoms with Gasteiger partial charge in [-0.3, -0.25) is 4.99 Å². The van der Waals surface area contributed by atoms with Crippen LogP contribution in [0.15, 0.2) is 41.2 Å². The van der Waals surface area contributed by atoms with E-state index in [1.54, 1.807) is 0 Å². The second kappa shape index (κ2) is 3.21. The highest BCUT2D eigenvalue weighted by Crippen LogP contribution is 2.12. The zero-order valence-electron chi connectivity index (χ0n) is 7.99. The summed E-state index contributed by atoms with van der Waals surface area (Å²) in [6.07, 6.45) is 10.6. The summed E-state index contributed by atoms with van der Waals surface area (Å²) in [5.74, 6) is 0.510. The van der Waals surface area contributed by atoms with Crippen molar-refractivity contribution in [3.05, 3.63) is 36.2 Å². The number of hydrogen-bond acceptors (Lipinski definition) is 2. The zero-order chi connectivity index (χ0) is 9.26. The quantitative estimate of drug-likeness (QED) is 0.558. The molecule has 1 aliphatic carbocycles. The third-order valence-electron chi connectivity index (χ3n) is 2.27. The van der Waals surface area contributed by atoms with Crippen molar-refractivity contribution in [2.75, 3.05) is 0 Å². The molecule has 0 radical (unpaired) electrons. The van der Waals surface area contributed by atoms with Gasteiger partial charge < -0.3 is 5.32 Å². The molecule has 0 spiro atoms. The number of rotatable bonds is 0. The Morgan fingerprint density at radius 3 is 3.00 bits per heavy atom. The first-order valence-corrected chi connectivity index (χ1v) is 4.63. The summed E-state index contributed by atoms with van der Waals surface area (Å²) in [5, 5.41) is 3.30. The van der Waals surface area contributed by atoms with Crippen molar-refractivity contribution in [3.63, 3.8) is 0 Å². The molecule has 0 unspecified atom stereocenters. The Morgan fingerprint density at radius 1 is 1.31 bits per heavy atom. The molecule has 0 aromatic rings. The third-order valence-corrected chi connectivity index (χ3v) is 2.27. The molecular weight excluding hydrogens is 160 g/mol. The van der Waals surface area contributed by atoms with Gasteiger partial charge in [0, 0.05) is 6.20 Å². The first kappa shape index (κ1) is 8.30. The highest BCUT2D eigenvalue weighted by molar-refractivity contribution is 6.02. The van der Waals surface area contributed by atoms with Gasteiger partial charge >= 0.3 is 0 Å². The van der Waals surface area contributed by atoms with Gasteiger partial charge in [0.2, 0.25) is 0 Å². The van der Waals surface area contributed by atoms with Crippen LogP contribution in [-0.2, 0) is 0 Å².